The van der Waals surface area contributed by atoms with E-state index in [-0.39, 0.29) is 30.3 Å². The lowest BCUT2D eigenvalue weighted by Gasteiger charge is -2.35. The molecule has 0 spiro atoms. The number of carbonyl (C=O) groups is 2. The van der Waals surface area contributed by atoms with Crippen molar-refractivity contribution < 1.29 is 24.2 Å². The number of carbonyl (C=O) groups excluding carboxylic acids is 1. The SMILES string of the molecule is C[C@@H](OC[C@H]1CN(C(C)(C)CC2Cc3ccccc3C2)C(=O)O1)C1=CCCC=C1CC(=O)O. The summed E-state index contributed by atoms with van der Waals surface area (Å²) in [5.74, 6) is -0.313. The van der Waals surface area contributed by atoms with Gasteiger partial charge < -0.3 is 14.6 Å². The number of hydrogen-bond donors (Lipinski definition) is 1. The summed E-state index contributed by atoms with van der Waals surface area (Å²) in [4.78, 5) is 25.7. The van der Waals surface area contributed by atoms with E-state index in [9.17, 15) is 14.7 Å². The van der Waals surface area contributed by atoms with Gasteiger partial charge in [0.25, 0.3) is 0 Å². The highest BCUT2D eigenvalue weighted by Crippen LogP contribution is 2.36. The number of rotatable bonds is 9. The number of benzene rings is 1. The van der Waals surface area contributed by atoms with Crippen LogP contribution < -0.4 is 0 Å². The molecule has 4 rings (SSSR count). The zero-order valence-electron chi connectivity index (χ0n) is 19.9. The first-order valence-electron chi connectivity index (χ1n) is 12.0. The molecule has 0 saturated carbocycles. The molecule has 0 radical (unpaired) electrons. The summed E-state index contributed by atoms with van der Waals surface area (Å²) in [6, 6.07) is 8.61. The molecule has 1 aromatic rings. The normalized spacial score (nSPS) is 22.0. The van der Waals surface area contributed by atoms with Gasteiger partial charge in [0.05, 0.1) is 25.7 Å². The van der Waals surface area contributed by atoms with Gasteiger partial charge in [-0.1, -0.05) is 36.4 Å². The molecule has 1 saturated heterocycles. The Bertz CT molecular complexity index is 938. The maximum absolute atomic E-state index is 12.7. The number of carboxylic acids is 1. The van der Waals surface area contributed by atoms with Crippen molar-refractivity contribution in [1.29, 1.82) is 0 Å². The topological polar surface area (TPSA) is 76.1 Å². The molecule has 6 nitrogen and oxygen atoms in total. The maximum atomic E-state index is 12.7. The lowest BCUT2D eigenvalue weighted by Crippen LogP contribution is -2.46. The summed E-state index contributed by atoms with van der Waals surface area (Å²) in [5.41, 5.74) is 4.32. The zero-order valence-corrected chi connectivity index (χ0v) is 19.9. The number of hydrogen-bond acceptors (Lipinski definition) is 4. The first-order valence-corrected chi connectivity index (χ1v) is 12.0. The molecular formula is C27H35NO5. The Hall–Kier alpha value is -2.60. The Morgan fingerprint density at radius 1 is 1.21 bits per heavy atom. The number of aliphatic carboxylic acids is 1. The van der Waals surface area contributed by atoms with Crippen LogP contribution in [0.3, 0.4) is 0 Å². The molecule has 2 aliphatic carbocycles. The average Bonchev–Trinajstić information content (AvgIpc) is 3.34. The zero-order chi connectivity index (χ0) is 23.6. The second-order valence-corrected chi connectivity index (χ2v) is 10.2. The Morgan fingerprint density at radius 2 is 1.88 bits per heavy atom. The first kappa shape index (κ1) is 23.6. The smallest absolute Gasteiger partial charge is 0.410 e. The minimum Gasteiger partial charge on any atom is -0.481 e. The molecule has 1 aromatic carbocycles. The third-order valence-corrected chi connectivity index (χ3v) is 7.13. The van der Waals surface area contributed by atoms with Gasteiger partial charge in [0.15, 0.2) is 0 Å². The van der Waals surface area contributed by atoms with E-state index in [4.69, 9.17) is 9.47 Å². The van der Waals surface area contributed by atoms with Crippen molar-refractivity contribution in [2.24, 2.45) is 5.92 Å². The summed E-state index contributed by atoms with van der Waals surface area (Å²) < 4.78 is 11.7. The van der Waals surface area contributed by atoms with Crippen LogP contribution in [0.2, 0.25) is 0 Å². The summed E-state index contributed by atoms with van der Waals surface area (Å²) in [5, 5.41) is 9.18. The Labute approximate surface area is 196 Å². The fourth-order valence-corrected chi connectivity index (χ4v) is 5.56. The maximum Gasteiger partial charge on any atom is 0.410 e. The molecule has 1 aliphatic heterocycles. The molecule has 1 amide bonds. The van der Waals surface area contributed by atoms with Crippen LogP contribution in [0.25, 0.3) is 0 Å². The largest absolute Gasteiger partial charge is 0.481 e. The fourth-order valence-electron chi connectivity index (χ4n) is 5.56. The van der Waals surface area contributed by atoms with Crippen molar-refractivity contribution in [3.8, 4) is 0 Å². The fraction of sp³-hybridized carbons (Fsp3) is 0.556. The van der Waals surface area contributed by atoms with E-state index < -0.39 is 5.97 Å². The molecule has 3 aliphatic rings. The molecule has 0 aromatic heterocycles. The average molecular weight is 454 g/mol. The van der Waals surface area contributed by atoms with Crippen LogP contribution >= 0.6 is 0 Å². The van der Waals surface area contributed by atoms with E-state index in [1.807, 2.05) is 17.9 Å². The molecule has 0 bridgehead atoms. The number of fused-ring (bicyclic) bond motifs is 1. The number of amides is 1. The minimum atomic E-state index is -0.839. The van der Waals surface area contributed by atoms with Crippen molar-refractivity contribution in [2.45, 2.75) is 77.0 Å². The van der Waals surface area contributed by atoms with Gasteiger partial charge in [0.1, 0.15) is 6.10 Å². The highest BCUT2D eigenvalue weighted by Gasteiger charge is 2.42. The minimum absolute atomic E-state index is 0.00491. The van der Waals surface area contributed by atoms with Crippen molar-refractivity contribution in [3.63, 3.8) is 0 Å². The van der Waals surface area contributed by atoms with Gasteiger partial charge in [-0.3, -0.25) is 9.69 Å². The van der Waals surface area contributed by atoms with Gasteiger partial charge in [-0.25, -0.2) is 4.79 Å². The van der Waals surface area contributed by atoms with Gasteiger partial charge in [-0.05, 0) is 81.1 Å². The second kappa shape index (κ2) is 9.72. The Morgan fingerprint density at radius 3 is 2.55 bits per heavy atom. The molecule has 1 fully saturated rings. The number of nitrogens with zero attached hydrogens (tertiary/aromatic N) is 1. The number of ether oxygens (including phenoxy) is 2. The summed E-state index contributed by atoms with van der Waals surface area (Å²) in [6.45, 7) is 6.99. The van der Waals surface area contributed by atoms with Crippen molar-refractivity contribution in [3.05, 3.63) is 58.7 Å². The summed E-state index contributed by atoms with van der Waals surface area (Å²) >= 11 is 0. The molecule has 6 heteroatoms. The summed E-state index contributed by atoms with van der Waals surface area (Å²) in [7, 11) is 0. The highest BCUT2D eigenvalue weighted by molar-refractivity contribution is 5.72. The molecule has 2 atom stereocenters. The quantitative estimate of drug-likeness (QED) is 0.575. The highest BCUT2D eigenvalue weighted by atomic mass is 16.6. The van der Waals surface area contributed by atoms with E-state index in [0.717, 1.165) is 43.3 Å². The van der Waals surface area contributed by atoms with Crippen LogP contribution in [0, 0.1) is 5.92 Å². The Balaban J connectivity index is 1.30. The number of allylic oxidation sites excluding steroid dienone is 2. The van der Waals surface area contributed by atoms with Crippen molar-refractivity contribution in [1.82, 2.24) is 4.90 Å². The van der Waals surface area contributed by atoms with Gasteiger partial charge in [0, 0.05) is 5.54 Å². The summed E-state index contributed by atoms with van der Waals surface area (Å²) in [6.07, 6.45) is 8.02. The van der Waals surface area contributed by atoms with E-state index in [1.165, 1.54) is 11.1 Å². The van der Waals surface area contributed by atoms with Crippen LogP contribution in [-0.4, -0.2) is 53.0 Å². The first-order chi connectivity index (χ1) is 15.7. The third kappa shape index (κ3) is 5.49. The van der Waals surface area contributed by atoms with Crippen molar-refractivity contribution >= 4 is 12.1 Å². The molecule has 0 unspecified atom stereocenters. The van der Waals surface area contributed by atoms with Crippen LogP contribution in [0.15, 0.2) is 47.6 Å². The lowest BCUT2D eigenvalue weighted by atomic mass is 9.87. The molecular weight excluding hydrogens is 418 g/mol. The second-order valence-electron chi connectivity index (χ2n) is 10.2. The predicted molar refractivity (Wildman–Crippen MR) is 126 cm³/mol. The molecule has 1 N–H and O–H groups in total. The van der Waals surface area contributed by atoms with Gasteiger partial charge in [-0.2, -0.15) is 0 Å². The van der Waals surface area contributed by atoms with Crippen LogP contribution in [0.5, 0.6) is 0 Å². The van der Waals surface area contributed by atoms with E-state index in [2.05, 4.69) is 44.2 Å². The van der Waals surface area contributed by atoms with E-state index in [1.54, 1.807) is 0 Å². The van der Waals surface area contributed by atoms with Gasteiger partial charge >= 0.3 is 12.1 Å². The van der Waals surface area contributed by atoms with Crippen molar-refractivity contribution in [2.75, 3.05) is 13.2 Å². The number of carboxylic acid groups (broad SMARTS) is 1. The third-order valence-electron chi connectivity index (χ3n) is 7.13. The van der Waals surface area contributed by atoms with Crippen LogP contribution in [0.1, 0.15) is 57.6 Å². The Kier molecular flexibility index (Phi) is 6.94. The lowest BCUT2D eigenvalue weighted by molar-refractivity contribution is -0.136. The van der Waals surface area contributed by atoms with Crippen LogP contribution in [-0.2, 0) is 27.1 Å². The van der Waals surface area contributed by atoms with Gasteiger partial charge in [0.2, 0.25) is 0 Å². The van der Waals surface area contributed by atoms with Gasteiger partial charge in [-0.15, -0.1) is 0 Å². The van der Waals surface area contributed by atoms with E-state index >= 15 is 0 Å². The number of cyclic esters (lactones) is 1. The van der Waals surface area contributed by atoms with Crippen LogP contribution in [0.4, 0.5) is 4.79 Å². The molecule has 178 valence electrons. The standard InChI is InChI=1S/C27H35NO5/c1-18(24-11-7-6-10-22(24)14-25(29)30)32-17-23-16-28(26(31)33-23)27(2,3)15-19-12-20-8-4-5-9-21(20)13-19/h4-5,8-11,18-19,23H,6-7,12-17H2,1-3H3,(H,29,30)/t18-,23-/m1/s1. The molecule has 1 heterocycles. The monoisotopic (exact) mass is 453 g/mol. The predicted octanol–water partition coefficient (Wildman–Crippen LogP) is 4.92. The van der Waals surface area contributed by atoms with E-state index in [0.29, 0.717) is 19.1 Å². The molecule has 33 heavy (non-hydrogen) atoms.